The summed E-state index contributed by atoms with van der Waals surface area (Å²) in [6.45, 7) is 3.26. The number of imidazole rings is 1. The maximum absolute atomic E-state index is 6.30. The third kappa shape index (κ3) is 6.35. The minimum Gasteiger partial charge on any atom is -0.353 e. The van der Waals surface area contributed by atoms with E-state index in [1.54, 1.807) is 13.2 Å². The molecule has 2 N–H and O–H groups in total. The van der Waals surface area contributed by atoms with Gasteiger partial charge < -0.3 is 20.1 Å². The van der Waals surface area contributed by atoms with E-state index in [1.165, 1.54) is 5.56 Å². The average Bonchev–Trinajstić information content (AvgIpc) is 3.45. The molecule has 2 aromatic heterocycles. The second-order valence-corrected chi connectivity index (χ2v) is 7.99. The van der Waals surface area contributed by atoms with Crippen molar-refractivity contribution in [3.05, 3.63) is 77.5 Å². The van der Waals surface area contributed by atoms with Crippen LogP contribution in [-0.4, -0.2) is 46.7 Å². The molecule has 0 bridgehead atoms. The normalized spacial score (nSPS) is 16.0. The fourth-order valence-electron chi connectivity index (χ4n) is 3.84. The second kappa shape index (κ2) is 12.1. The Labute approximate surface area is 211 Å². The fourth-order valence-corrected chi connectivity index (χ4v) is 4.08. The molecule has 0 aliphatic carbocycles. The summed E-state index contributed by atoms with van der Waals surface area (Å²) in [5.41, 5.74) is 1.33. The molecule has 4 rings (SSSR count). The van der Waals surface area contributed by atoms with Crippen LogP contribution in [0.5, 0.6) is 0 Å². The minimum absolute atomic E-state index is 0. The molecule has 9 heteroatoms. The first-order valence-corrected chi connectivity index (χ1v) is 11.0. The molecule has 32 heavy (non-hydrogen) atoms. The van der Waals surface area contributed by atoms with Gasteiger partial charge in [-0.15, -0.1) is 24.0 Å². The predicted molar refractivity (Wildman–Crippen MR) is 141 cm³/mol. The maximum atomic E-state index is 6.30. The number of aryl methyl sites for hydroxylation is 2. The molecule has 1 atom stereocenters. The van der Waals surface area contributed by atoms with E-state index < -0.39 is 0 Å². The first kappa shape index (κ1) is 24.3. The van der Waals surface area contributed by atoms with E-state index in [0.717, 1.165) is 50.1 Å². The van der Waals surface area contributed by atoms with Gasteiger partial charge in [0, 0.05) is 51.3 Å². The Morgan fingerprint density at radius 2 is 2.00 bits per heavy atom. The molecule has 1 unspecified atom stereocenters. The highest BCUT2D eigenvalue weighted by Crippen LogP contribution is 2.25. The van der Waals surface area contributed by atoms with Gasteiger partial charge in [-0.1, -0.05) is 41.9 Å². The molecule has 1 aromatic carbocycles. The van der Waals surface area contributed by atoms with E-state index in [0.29, 0.717) is 11.6 Å². The van der Waals surface area contributed by atoms with Gasteiger partial charge in [-0.05, 0) is 30.5 Å². The lowest BCUT2D eigenvalue weighted by Crippen LogP contribution is -2.44. The van der Waals surface area contributed by atoms with Crippen LogP contribution in [-0.2, 0) is 19.5 Å². The number of halogens is 2. The SMILES string of the molecule is CN=C(NCc1nccn1CCc1ccccc1)NC1CCN(c2ncccc2Cl)C1.I. The predicted octanol–water partition coefficient (Wildman–Crippen LogP) is 3.74. The maximum Gasteiger partial charge on any atom is 0.191 e. The third-order valence-electron chi connectivity index (χ3n) is 5.49. The van der Waals surface area contributed by atoms with Gasteiger partial charge in [0.1, 0.15) is 11.6 Å². The first-order valence-electron chi connectivity index (χ1n) is 10.6. The van der Waals surface area contributed by atoms with Gasteiger partial charge >= 0.3 is 0 Å². The van der Waals surface area contributed by atoms with Crippen molar-refractivity contribution in [2.75, 3.05) is 25.0 Å². The summed E-state index contributed by atoms with van der Waals surface area (Å²) in [5, 5.41) is 7.60. The smallest absolute Gasteiger partial charge is 0.191 e. The molecule has 3 aromatic rings. The largest absolute Gasteiger partial charge is 0.353 e. The van der Waals surface area contributed by atoms with E-state index in [1.807, 2.05) is 30.6 Å². The van der Waals surface area contributed by atoms with Crippen LogP contribution in [0, 0.1) is 0 Å². The minimum atomic E-state index is 0. The van der Waals surface area contributed by atoms with Crippen LogP contribution in [0.25, 0.3) is 0 Å². The van der Waals surface area contributed by atoms with Crippen molar-refractivity contribution in [2.24, 2.45) is 4.99 Å². The first-order chi connectivity index (χ1) is 15.2. The lowest BCUT2D eigenvalue weighted by atomic mass is 10.1. The molecule has 1 fully saturated rings. The average molecular weight is 566 g/mol. The topological polar surface area (TPSA) is 70.4 Å². The van der Waals surface area contributed by atoms with Gasteiger partial charge in [-0.3, -0.25) is 4.99 Å². The van der Waals surface area contributed by atoms with Gasteiger partial charge in [0.05, 0.1) is 11.6 Å². The highest BCUT2D eigenvalue weighted by molar-refractivity contribution is 14.0. The summed E-state index contributed by atoms with van der Waals surface area (Å²) < 4.78 is 2.19. The van der Waals surface area contributed by atoms with Gasteiger partial charge in [0.2, 0.25) is 0 Å². The zero-order valence-corrected chi connectivity index (χ0v) is 21.2. The van der Waals surface area contributed by atoms with E-state index in [4.69, 9.17) is 11.6 Å². The molecule has 7 nitrogen and oxygen atoms in total. The molecule has 0 radical (unpaired) electrons. The van der Waals surface area contributed by atoms with Crippen LogP contribution in [0.4, 0.5) is 5.82 Å². The Hall–Kier alpha value is -2.33. The van der Waals surface area contributed by atoms with Crippen LogP contribution in [0.15, 0.2) is 66.0 Å². The zero-order chi connectivity index (χ0) is 21.5. The van der Waals surface area contributed by atoms with Crippen molar-refractivity contribution in [3.8, 4) is 0 Å². The summed E-state index contributed by atoms with van der Waals surface area (Å²) in [4.78, 5) is 15.5. The van der Waals surface area contributed by atoms with Gasteiger partial charge in [-0.2, -0.15) is 0 Å². The molecular weight excluding hydrogens is 537 g/mol. The van der Waals surface area contributed by atoms with Crippen LogP contribution >= 0.6 is 35.6 Å². The molecule has 1 aliphatic rings. The summed E-state index contributed by atoms with van der Waals surface area (Å²) in [7, 11) is 1.79. The third-order valence-corrected chi connectivity index (χ3v) is 5.79. The number of hydrogen-bond acceptors (Lipinski definition) is 4. The van der Waals surface area contributed by atoms with E-state index in [-0.39, 0.29) is 30.0 Å². The van der Waals surface area contributed by atoms with Crippen molar-refractivity contribution in [1.82, 2.24) is 25.2 Å². The van der Waals surface area contributed by atoms with Crippen molar-refractivity contribution < 1.29 is 0 Å². The van der Waals surface area contributed by atoms with Crippen molar-refractivity contribution in [2.45, 2.75) is 32.0 Å². The van der Waals surface area contributed by atoms with Crippen LogP contribution in [0.3, 0.4) is 0 Å². The molecule has 0 saturated carbocycles. The Balaban J connectivity index is 0.00000289. The molecule has 1 aliphatic heterocycles. The van der Waals surface area contributed by atoms with Crippen LogP contribution < -0.4 is 15.5 Å². The lowest BCUT2D eigenvalue weighted by molar-refractivity contribution is 0.618. The number of nitrogens with zero attached hydrogens (tertiary/aromatic N) is 5. The van der Waals surface area contributed by atoms with Crippen molar-refractivity contribution in [1.29, 1.82) is 0 Å². The number of benzene rings is 1. The van der Waals surface area contributed by atoms with Gasteiger partial charge in [0.25, 0.3) is 0 Å². The Kier molecular flexibility index (Phi) is 9.16. The molecule has 3 heterocycles. The van der Waals surface area contributed by atoms with Crippen LogP contribution in [0.1, 0.15) is 17.8 Å². The quantitative estimate of drug-likeness (QED) is 0.260. The number of aromatic nitrogens is 3. The zero-order valence-electron chi connectivity index (χ0n) is 18.1. The Morgan fingerprint density at radius 3 is 2.78 bits per heavy atom. The Bertz CT molecular complexity index is 1010. The summed E-state index contributed by atoms with van der Waals surface area (Å²) >= 11 is 6.30. The summed E-state index contributed by atoms with van der Waals surface area (Å²) in [6, 6.07) is 14.5. The number of rotatable bonds is 7. The number of nitrogens with one attached hydrogen (secondary N) is 2. The number of aliphatic imine (C=N–C) groups is 1. The molecule has 1 saturated heterocycles. The Morgan fingerprint density at radius 1 is 1.16 bits per heavy atom. The second-order valence-electron chi connectivity index (χ2n) is 7.58. The van der Waals surface area contributed by atoms with Gasteiger partial charge in [0.15, 0.2) is 5.96 Å². The highest BCUT2D eigenvalue weighted by atomic mass is 127. The van der Waals surface area contributed by atoms with Gasteiger partial charge in [-0.25, -0.2) is 9.97 Å². The standard InChI is InChI=1S/C23H28ClN7.HI/c1-25-23(29-19-10-14-31(17-19)22-20(24)8-5-11-27-22)28-16-21-26-12-15-30(21)13-9-18-6-3-2-4-7-18;/h2-8,11-12,15,19H,9-10,13-14,16-17H2,1H3,(H2,25,28,29);1H. The number of guanidine groups is 1. The number of anilines is 1. The van der Waals surface area contributed by atoms with Crippen molar-refractivity contribution >= 4 is 47.4 Å². The monoisotopic (exact) mass is 565 g/mol. The molecular formula is C23H29ClIN7. The molecule has 0 amide bonds. The molecule has 0 spiro atoms. The van der Waals surface area contributed by atoms with E-state index >= 15 is 0 Å². The number of hydrogen-bond donors (Lipinski definition) is 2. The van der Waals surface area contributed by atoms with E-state index in [2.05, 4.69) is 59.3 Å². The van der Waals surface area contributed by atoms with Crippen molar-refractivity contribution in [3.63, 3.8) is 0 Å². The summed E-state index contributed by atoms with van der Waals surface area (Å²) in [5.74, 6) is 2.61. The lowest BCUT2D eigenvalue weighted by Gasteiger charge is -2.20. The highest BCUT2D eigenvalue weighted by Gasteiger charge is 2.25. The summed E-state index contributed by atoms with van der Waals surface area (Å²) in [6.07, 6.45) is 7.64. The fraction of sp³-hybridized carbons (Fsp3) is 0.348. The number of pyridine rings is 1. The van der Waals surface area contributed by atoms with E-state index in [9.17, 15) is 0 Å². The molecule has 170 valence electrons. The van der Waals surface area contributed by atoms with Crippen LogP contribution in [0.2, 0.25) is 5.02 Å².